The van der Waals surface area contributed by atoms with Crippen molar-refractivity contribution in [2.75, 3.05) is 31.1 Å². The van der Waals surface area contributed by atoms with Crippen LogP contribution in [-0.2, 0) is 0 Å². The Kier molecular flexibility index (Phi) is 4.28. The fraction of sp³-hybridized carbons (Fsp3) is 0.389. The molecule has 2 aromatic rings. The van der Waals surface area contributed by atoms with Crippen LogP contribution in [0.1, 0.15) is 27.6 Å². The Morgan fingerprint density at radius 3 is 2.04 bits per heavy atom. The lowest BCUT2D eigenvalue weighted by molar-refractivity contribution is 0.0744. The van der Waals surface area contributed by atoms with Crippen molar-refractivity contribution in [2.24, 2.45) is 0 Å². The molecule has 0 saturated carbocycles. The predicted molar refractivity (Wildman–Crippen MR) is 90.8 cm³/mol. The fourth-order valence-corrected chi connectivity index (χ4v) is 3.16. The van der Waals surface area contributed by atoms with Crippen molar-refractivity contribution in [1.29, 1.82) is 0 Å². The topological polar surface area (TPSA) is 49.3 Å². The Morgan fingerprint density at radius 1 is 0.913 bits per heavy atom. The molecular weight excluding hydrogens is 288 g/mol. The monoisotopic (exact) mass is 310 g/mol. The van der Waals surface area contributed by atoms with E-state index in [1.54, 1.807) is 0 Å². The van der Waals surface area contributed by atoms with Crippen LogP contribution < -0.4 is 4.90 Å². The number of nitrogens with zero attached hydrogens (tertiary/aromatic N) is 4. The van der Waals surface area contributed by atoms with Gasteiger partial charge in [0.1, 0.15) is 5.82 Å². The maximum absolute atomic E-state index is 12.8. The zero-order chi connectivity index (χ0) is 16.4. The number of carbonyl (C=O) groups excluding carboxylic acids is 1. The third-order valence-corrected chi connectivity index (χ3v) is 4.28. The van der Waals surface area contributed by atoms with E-state index in [4.69, 9.17) is 0 Å². The second-order valence-electron chi connectivity index (χ2n) is 5.93. The van der Waals surface area contributed by atoms with Gasteiger partial charge in [0.25, 0.3) is 5.91 Å². The lowest BCUT2D eigenvalue weighted by Crippen LogP contribution is -2.49. The molecule has 0 spiro atoms. The summed E-state index contributed by atoms with van der Waals surface area (Å²) < 4.78 is 0. The fourth-order valence-electron chi connectivity index (χ4n) is 3.16. The number of hydrogen-bond donors (Lipinski definition) is 0. The first-order chi connectivity index (χ1) is 11.1. The van der Waals surface area contributed by atoms with Crippen molar-refractivity contribution in [2.45, 2.75) is 20.8 Å². The highest BCUT2D eigenvalue weighted by molar-refractivity contribution is 5.96. The van der Waals surface area contributed by atoms with Crippen LogP contribution in [0.2, 0.25) is 0 Å². The Balaban J connectivity index is 1.72. The van der Waals surface area contributed by atoms with Gasteiger partial charge < -0.3 is 9.80 Å². The van der Waals surface area contributed by atoms with Gasteiger partial charge >= 0.3 is 0 Å². The number of amides is 1. The standard InChI is InChI=1S/C18H22N4O/c1-13-17(14(2)20-15(3)19-13)18(23)22-11-9-21(10-12-22)16-7-5-4-6-8-16/h4-8H,9-12H2,1-3H3. The van der Waals surface area contributed by atoms with Crippen LogP contribution in [0.5, 0.6) is 0 Å². The summed E-state index contributed by atoms with van der Waals surface area (Å²) in [4.78, 5) is 25.7. The van der Waals surface area contributed by atoms with Gasteiger partial charge in [-0.15, -0.1) is 0 Å². The molecule has 1 aromatic carbocycles. The molecule has 120 valence electrons. The third-order valence-electron chi connectivity index (χ3n) is 4.28. The van der Waals surface area contributed by atoms with Crippen LogP contribution in [0.15, 0.2) is 30.3 Å². The van der Waals surface area contributed by atoms with Crippen LogP contribution in [-0.4, -0.2) is 47.0 Å². The highest BCUT2D eigenvalue weighted by Crippen LogP contribution is 2.18. The van der Waals surface area contributed by atoms with Gasteiger partial charge in [-0.2, -0.15) is 0 Å². The Bertz CT molecular complexity index is 683. The average Bonchev–Trinajstić information content (AvgIpc) is 2.55. The zero-order valence-electron chi connectivity index (χ0n) is 13.9. The van der Waals surface area contributed by atoms with Crippen LogP contribution in [0.4, 0.5) is 5.69 Å². The smallest absolute Gasteiger partial charge is 0.257 e. The van der Waals surface area contributed by atoms with Gasteiger partial charge in [0, 0.05) is 31.9 Å². The van der Waals surface area contributed by atoms with E-state index in [1.807, 2.05) is 43.9 Å². The Hall–Kier alpha value is -2.43. The van der Waals surface area contributed by atoms with Crippen molar-refractivity contribution >= 4 is 11.6 Å². The molecule has 5 nitrogen and oxygen atoms in total. The molecule has 2 heterocycles. The van der Waals surface area contributed by atoms with E-state index in [-0.39, 0.29) is 5.91 Å². The first-order valence-electron chi connectivity index (χ1n) is 7.97. The van der Waals surface area contributed by atoms with Crippen LogP contribution in [0, 0.1) is 20.8 Å². The molecule has 23 heavy (non-hydrogen) atoms. The second-order valence-corrected chi connectivity index (χ2v) is 5.93. The number of piperazine rings is 1. The van der Waals surface area contributed by atoms with Crippen LogP contribution >= 0.6 is 0 Å². The first kappa shape index (κ1) is 15.5. The molecule has 1 fully saturated rings. The summed E-state index contributed by atoms with van der Waals surface area (Å²) in [6.45, 7) is 8.76. The number of aromatic nitrogens is 2. The molecule has 1 aliphatic heterocycles. The van der Waals surface area contributed by atoms with Gasteiger partial charge in [0.2, 0.25) is 0 Å². The maximum atomic E-state index is 12.8. The molecule has 0 bridgehead atoms. The minimum Gasteiger partial charge on any atom is -0.368 e. The third kappa shape index (κ3) is 3.18. The zero-order valence-corrected chi connectivity index (χ0v) is 13.9. The molecule has 1 aliphatic rings. The van der Waals surface area contributed by atoms with E-state index in [1.165, 1.54) is 5.69 Å². The van der Waals surface area contributed by atoms with Crippen molar-refractivity contribution in [3.63, 3.8) is 0 Å². The summed E-state index contributed by atoms with van der Waals surface area (Å²) in [5, 5.41) is 0. The molecule has 0 N–H and O–H groups in total. The molecular formula is C18H22N4O. The largest absolute Gasteiger partial charge is 0.368 e. The highest BCUT2D eigenvalue weighted by atomic mass is 16.2. The first-order valence-corrected chi connectivity index (χ1v) is 7.97. The summed E-state index contributed by atoms with van der Waals surface area (Å²) in [5.74, 6) is 0.762. The molecule has 1 amide bonds. The number of aryl methyl sites for hydroxylation is 3. The lowest BCUT2D eigenvalue weighted by atomic mass is 10.1. The van der Waals surface area contributed by atoms with E-state index < -0.39 is 0 Å². The van der Waals surface area contributed by atoms with Gasteiger partial charge in [-0.3, -0.25) is 4.79 Å². The van der Waals surface area contributed by atoms with Crippen molar-refractivity contribution in [3.05, 3.63) is 53.1 Å². The van der Waals surface area contributed by atoms with Crippen molar-refractivity contribution in [1.82, 2.24) is 14.9 Å². The van der Waals surface area contributed by atoms with E-state index in [0.29, 0.717) is 11.4 Å². The SMILES string of the molecule is Cc1nc(C)c(C(=O)N2CCN(c3ccccc3)CC2)c(C)n1. The quantitative estimate of drug-likeness (QED) is 0.854. The van der Waals surface area contributed by atoms with E-state index in [2.05, 4.69) is 27.0 Å². The molecule has 0 radical (unpaired) electrons. The summed E-state index contributed by atoms with van der Waals surface area (Å²) in [5.41, 5.74) is 3.41. The second kappa shape index (κ2) is 6.36. The number of benzene rings is 1. The van der Waals surface area contributed by atoms with Gasteiger partial charge in [-0.05, 0) is 32.9 Å². The summed E-state index contributed by atoms with van der Waals surface area (Å²) in [6, 6.07) is 10.3. The predicted octanol–water partition coefficient (Wildman–Crippen LogP) is 2.36. The normalized spacial score (nSPS) is 14.9. The molecule has 0 aliphatic carbocycles. The Labute approximate surface area is 137 Å². The molecule has 5 heteroatoms. The minimum absolute atomic E-state index is 0.0488. The number of hydrogen-bond acceptors (Lipinski definition) is 4. The summed E-state index contributed by atoms with van der Waals surface area (Å²) in [6.07, 6.45) is 0. The lowest BCUT2D eigenvalue weighted by Gasteiger charge is -2.36. The van der Waals surface area contributed by atoms with Crippen LogP contribution in [0.25, 0.3) is 0 Å². The summed E-state index contributed by atoms with van der Waals surface area (Å²) >= 11 is 0. The molecule has 3 rings (SSSR count). The van der Waals surface area contributed by atoms with Gasteiger partial charge in [-0.1, -0.05) is 18.2 Å². The number of carbonyl (C=O) groups is 1. The average molecular weight is 310 g/mol. The van der Waals surface area contributed by atoms with Gasteiger partial charge in [-0.25, -0.2) is 9.97 Å². The molecule has 0 atom stereocenters. The summed E-state index contributed by atoms with van der Waals surface area (Å²) in [7, 11) is 0. The van der Waals surface area contributed by atoms with Gasteiger partial charge in [0.05, 0.1) is 17.0 Å². The van der Waals surface area contributed by atoms with Crippen LogP contribution in [0.3, 0.4) is 0 Å². The Morgan fingerprint density at radius 2 is 1.48 bits per heavy atom. The van der Waals surface area contributed by atoms with E-state index >= 15 is 0 Å². The van der Waals surface area contributed by atoms with Gasteiger partial charge in [0.15, 0.2) is 0 Å². The van der Waals surface area contributed by atoms with Crippen molar-refractivity contribution in [3.8, 4) is 0 Å². The number of para-hydroxylation sites is 1. The molecule has 1 saturated heterocycles. The number of anilines is 1. The van der Waals surface area contributed by atoms with E-state index in [9.17, 15) is 4.79 Å². The highest BCUT2D eigenvalue weighted by Gasteiger charge is 2.25. The van der Waals surface area contributed by atoms with Crippen molar-refractivity contribution < 1.29 is 4.79 Å². The van der Waals surface area contributed by atoms with E-state index in [0.717, 1.165) is 37.6 Å². The molecule has 1 aromatic heterocycles. The number of rotatable bonds is 2. The molecule has 0 unspecified atom stereocenters. The minimum atomic E-state index is 0.0488. The maximum Gasteiger partial charge on any atom is 0.257 e.